The van der Waals surface area contributed by atoms with Crippen molar-refractivity contribution in [3.05, 3.63) is 83.0 Å². The third kappa shape index (κ3) is 4.68. The molecule has 0 saturated carbocycles. The standard InChI is InChI=1S/C30H32ClN7O2/c31-24-7-5-23(6-8-24)30(40)11-14-36(15-12-30)26-2-1-13-38-27(26)34-29(35-38)33-25-9-3-20(4-10-25)28(39)37-18-21-16-32-17-22(21)19-37/h1-10,13,21-22,32,40H,11-12,14-19H2,(H,33,35). The summed E-state index contributed by atoms with van der Waals surface area (Å²) < 4.78 is 1.77. The lowest BCUT2D eigenvalue weighted by molar-refractivity contribution is 0.0118. The summed E-state index contributed by atoms with van der Waals surface area (Å²) in [5, 5.41) is 23.3. The maximum atomic E-state index is 13.0. The Kier molecular flexibility index (Phi) is 6.37. The quantitative estimate of drug-likeness (QED) is 0.342. The lowest BCUT2D eigenvalue weighted by atomic mass is 9.84. The Labute approximate surface area is 237 Å². The molecule has 3 aliphatic rings. The summed E-state index contributed by atoms with van der Waals surface area (Å²) in [7, 11) is 0. The van der Waals surface area contributed by atoms with E-state index in [4.69, 9.17) is 16.6 Å². The van der Waals surface area contributed by atoms with Crippen LogP contribution in [0.25, 0.3) is 5.65 Å². The molecule has 0 bridgehead atoms. The van der Waals surface area contributed by atoms with Crippen molar-refractivity contribution in [3.63, 3.8) is 0 Å². The van der Waals surface area contributed by atoms with Crippen LogP contribution in [0, 0.1) is 11.8 Å². The van der Waals surface area contributed by atoms with Crippen molar-refractivity contribution in [2.24, 2.45) is 11.8 Å². The summed E-state index contributed by atoms with van der Waals surface area (Å²) in [5.41, 5.74) is 3.28. The Morgan fingerprint density at radius 3 is 2.40 bits per heavy atom. The average Bonchev–Trinajstić information content (AvgIpc) is 3.69. The zero-order valence-corrected chi connectivity index (χ0v) is 22.9. The molecule has 1 amide bonds. The van der Waals surface area contributed by atoms with Crippen LogP contribution in [0.2, 0.25) is 5.02 Å². The molecule has 3 saturated heterocycles. The number of carbonyl (C=O) groups is 1. The molecule has 10 heteroatoms. The van der Waals surface area contributed by atoms with Gasteiger partial charge in [-0.15, -0.1) is 5.10 Å². The normalized spacial score (nSPS) is 22.1. The van der Waals surface area contributed by atoms with Crippen LogP contribution in [-0.4, -0.2) is 69.8 Å². The Hall–Kier alpha value is -3.66. The molecule has 0 spiro atoms. The molecule has 0 aliphatic carbocycles. The van der Waals surface area contributed by atoms with Gasteiger partial charge in [-0.2, -0.15) is 4.98 Å². The molecule has 2 atom stereocenters. The topological polar surface area (TPSA) is 98.0 Å². The summed E-state index contributed by atoms with van der Waals surface area (Å²) in [4.78, 5) is 22.0. The van der Waals surface area contributed by atoms with Crippen LogP contribution in [0.1, 0.15) is 28.8 Å². The van der Waals surface area contributed by atoms with Crippen LogP contribution in [0.5, 0.6) is 0 Å². The number of likely N-dealkylation sites (tertiary alicyclic amines) is 1. The van der Waals surface area contributed by atoms with Gasteiger partial charge in [0.25, 0.3) is 5.91 Å². The first-order chi connectivity index (χ1) is 19.4. The van der Waals surface area contributed by atoms with E-state index in [1.54, 1.807) is 4.52 Å². The lowest BCUT2D eigenvalue weighted by Crippen LogP contribution is -2.42. The Bertz CT molecular complexity index is 1520. The number of anilines is 3. The zero-order valence-electron chi connectivity index (χ0n) is 22.1. The van der Waals surface area contributed by atoms with Gasteiger partial charge >= 0.3 is 0 Å². The third-order valence-corrected chi connectivity index (χ3v) is 8.97. The van der Waals surface area contributed by atoms with Gasteiger partial charge in [-0.3, -0.25) is 4.79 Å². The van der Waals surface area contributed by atoms with E-state index in [0.717, 1.165) is 48.8 Å². The Balaban J connectivity index is 1.03. The first-order valence-corrected chi connectivity index (χ1v) is 14.3. The SMILES string of the molecule is O=C(c1ccc(Nc2nc3c(N4CCC(O)(c5ccc(Cl)cc5)CC4)cccn3n2)cc1)N1CC2CNCC2C1. The Morgan fingerprint density at radius 2 is 1.70 bits per heavy atom. The van der Waals surface area contributed by atoms with Crippen LogP contribution in [0.15, 0.2) is 66.9 Å². The van der Waals surface area contributed by atoms with Gasteiger partial charge in [-0.05, 0) is 78.8 Å². The zero-order chi connectivity index (χ0) is 27.3. The van der Waals surface area contributed by atoms with Gasteiger partial charge in [0.1, 0.15) is 0 Å². The van der Waals surface area contributed by atoms with Gasteiger partial charge in [0, 0.05) is 61.7 Å². The fraction of sp³-hybridized carbons (Fsp3) is 0.367. The first-order valence-electron chi connectivity index (χ1n) is 13.9. The monoisotopic (exact) mass is 557 g/mol. The number of hydrogen-bond donors (Lipinski definition) is 3. The number of fused-ring (bicyclic) bond motifs is 2. The molecule has 3 N–H and O–H groups in total. The molecule has 4 aromatic rings. The van der Waals surface area contributed by atoms with E-state index < -0.39 is 5.60 Å². The second kappa shape index (κ2) is 10.1. The van der Waals surface area contributed by atoms with Crippen LogP contribution >= 0.6 is 11.6 Å². The van der Waals surface area contributed by atoms with E-state index in [2.05, 4.69) is 20.6 Å². The number of nitrogens with one attached hydrogen (secondary N) is 2. The maximum absolute atomic E-state index is 13.0. The summed E-state index contributed by atoms with van der Waals surface area (Å²) in [6, 6.07) is 19.0. The number of aromatic nitrogens is 3. The predicted octanol–water partition coefficient (Wildman–Crippen LogP) is 3.91. The van der Waals surface area contributed by atoms with Crippen molar-refractivity contribution in [3.8, 4) is 0 Å². The van der Waals surface area contributed by atoms with E-state index in [0.29, 0.717) is 54.3 Å². The molecule has 3 fully saturated rings. The van der Waals surface area contributed by atoms with E-state index in [1.807, 2.05) is 71.8 Å². The second-order valence-electron chi connectivity index (χ2n) is 11.2. The van der Waals surface area contributed by atoms with E-state index in [-0.39, 0.29) is 5.91 Å². The number of benzene rings is 2. The van der Waals surface area contributed by atoms with Gasteiger partial charge in [0.15, 0.2) is 5.65 Å². The van der Waals surface area contributed by atoms with Crippen molar-refractivity contribution >= 4 is 40.5 Å². The van der Waals surface area contributed by atoms with Gasteiger partial charge in [-0.25, -0.2) is 4.52 Å². The lowest BCUT2D eigenvalue weighted by Gasteiger charge is -2.39. The predicted molar refractivity (Wildman–Crippen MR) is 155 cm³/mol. The summed E-state index contributed by atoms with van der Waals surface area (Å²) in [5.74, 6) is 1.74. The van der Waals surface area contributed by atoms with E-state index >= 15 is 0 Å². The number of hydrogen-bond acceptors (Lipinski definition) is 7. The van der Waals surface area contributed by atoms with Crippen molar-refractivity contribution < 1.29 is 9.90 Å². The minimum absolute atomic E-state index is 0.0981. The second-order valence-corrected chi connectivity index (χ2v) is 11.6. The van der Waals surface area contributed by atoms with E-state index in [9.17, 15) is 9.90 Å². The fourth-order valence-electron chi connectivity index (χ4n) is 6.39. The molecule has 2 unspecified atom stereocenters. The van der Waals surface area contributed by atoms with Crippen LogP contribution in [0.4, 0.5) is 17.3 Å². The molecule has 5 heterocycles. The highest BCUT2D eigenvalue weighted by atomic mass is 35.5. The third-order valence-electron chi connectivity index (χ3n) is 8.72. The molecule has 3 aliphatic heterocycles. The molecular weight excluding hydrogens is 526 g/mol. The van der Waals surface area contributed by atoms with Crippen molar-refractivity contribution in [1.29, 1.82) is 0 Å². The van der Waals surface area contributed by atoms with Gasteiger partial charge in [0.2, 0.25) is 5.95 Å². The smallest absolute Gasteiger partial charge is 0.253 e. The Morgan fingerprint density at radius 1 is 1.00 bits per heavy atom. The highest BCUT2D eigenvalue weighted by Crippen LogP contribution is 2.36. The van der Waals surface area contributed by atoms with Gasteiger partial charge in [-0.1, -0.05) is 23.7 Å². The number of halogens is 1. The molecule has 2 aromatic carbocycles. The maximum Gasteiger partial charge on any atom is 0.253 e. The minimum Gasteiger partial charge on any atom is -0.385 e. The highest BCUT2D eigenvalue weighted by molar-refractivity contribution is 6.30. The molecule has 7 rings (SSSR count). The number of carbonyl (C=O) groups excluding carboxylic acids is 1. The number of nitrogens with zero attached hydrogens (tertiary/aromatic N) is 5. The van der Waals surface area contributed by atoms with Crippen LogP contribution in [-0.2, 0) is 5.60 Å². The molecule has 9 nitrogen and oxygen atoms in total. The molecule has 2 aromatic heterocycles. The van der Waals surface area contributed by atoms with Crippen LogP contribution in [0.3, 0.4) is 0 Å². The van der Waals surface area contributed by atoms with Crippen molar-refractivity contribution in [2.45, 2.75) is 18.4 Å². The molecule has 0 radical (unpaired) electrons. The van der Waals surface area contributed by atoms with Crippen LogP contribution < -0.4 is 15.5 Å². The minimum atomic E-state index is -0.870. The summed E-state index contributed by atoms with van der Waals surface area (Å²) in [6.45, 7) is 5.07. The van der Waals surface area contributed by atoms with Crippen molar-refractivity contribution in [1.82, 2.24) is 24.8 Å². The number of pyridine rings is 1. The van der Waals surface area contributed by atoms with Crippen molar-refractivity contribution in [2.75, 3.05) is 49.5 Å². The largest absolute Gasteiger partial charge is 0.385 e. The number of amides is 1. The fourth-order valence-corrected chi connectivity index (χ4v) is 6.51. The number of aliphatic hydroxyl groups is 1. The molecule has 40 heavy (non-hydrogen) atoms. The average molecular weight is 558 g/mol. The molecular formula is C30H32ClN7O2. The summed E-state index contributed by atoms with van der Waals surface area (Å²) in [6.07, 6.45) is 3.10. The number of rotatable bonds is 5. The summed E-state index contributed by atoms with van der Waals surface area (Å²) >= 11 is 6.04. The highest BCUT2D eigenvalue weighted by Gasteiger charge is 2.38. The van der Waals surface area contributed by atoms with E-state index in [1.165, 1.54) is 0 Å². The van der Waals surface area contributed by atoms with Gasteiger partial charge < -0.3 is 25.5 Å². The first kappa shape index (κ1) is 25.3. The van der Waals surface area contributed by atoms with Gasteiger partial charge in [0.05, 0.1) is 11.3 Å². The molecule has 206 valence electrons. The number of piperidine rings is 1.